The number of aliphatic hydroxyl groups is 1. The molecule has 128 valence electrons. The second kappa shape index (κ2) is 7.18. The number of carbonyl (C=O) groups is 1. The molecule has 1 aliphatic heterocycles. The summed E-state index contributed by atoms with van der Waals surface area (Å²) in [5, 5.41) is 12.9. The van der Waals surface area contributed by atoms with Gasteiger partial charge in [-0.3, -0.25) is 0 Å². The minimum Gasteiger partial charge on any atom is -0.444 e. The van der Waals surface area contributed by atoms with Crippen molar-refractivity contribution in [2.45, 2.75) is 58.5 Å². The molecule has 22 heavy (non-hydrogen) atoms. The van der Waals surface area contributed by atoms with E-state index in [4.69, 9.17) is 9.47 Å². The van der Waals surface area contributed by atoms with Gasteiger partial charge in [-0.15, -0.1) is 0 Å². The van der Waals surface area contributed by atoms with E-state index in [0.717, 1.165) is 45.3 Å². The minimum atomic E-state index is -0.494. The van der Waals surface area contributed by atoms with Crippen LogP contribution in [-0.2, 0) is 9.47 Å². The Morgan fingerprint density at radius 2 is 1.86 bits per heavy atom. The average Bonchev–Trinajstić information content (AvgIpc) is 3.28. The molecule has 1 amide bonds. The van der Waals surface area contributed by atoms with Crippen LogP contribution >= 0.6 is 0 Å². The fraction of sp³-hybridized carbons (Fsp3) is 0.941. The van der Waals surface area contributed by atoms with Gasteiger partial charge in [0.05, 0.1) is 6.61 Å². The predicted octanol–water partition coefficient (Wildman–Crippen LogP) is 2.72. The SMILES string of the molecule is CC(C)(C)OC(=O)NCC(CO)(CC1CCOCC1)C1CC1. The van der Waals surface area contributed by atoms with Gasteiger partial charge in [-0.05, 0) is 64.7 Å². The maximum absolute atomic E-state index is 11.9. The van der Waals surface area contributed by atoms with Crippen molar-refractivity contribution < 1.29 is 19.4 Å². The van der Waals surface area contributed by atoms with E-state index in [-0.39, 0.29) is 12.0 Å². The molecule has 0 aromatic heterocycles. The molecule has 0 aromatic carbocycles. The first kappa shape index (κ1) is 17.5. The number of hydrogen-bond acceptors (Lipinski definition) is 4. The number of rotatable bonds is 6. The van der Waals surface area contributed by atoms with Crippen molar-refractivity contribution in [2.75, 3.05) is 26.4 Å². The molecule has 0 spiro atoms. The third kappa shape index (κ3) is 5.13. The Labute approximate surface area is 133 Å². The fourth-order valence-electron chi connectivity index (χ4n) is 3.42. The van der Waals surface area contributed by atoms with Gasteiger partial charge in [0, 0.05) is 25.2 Å². The highest BCUT2D eigenvalue weighted by molar-refractivity contribution is 5.67. The molecular formula is C17H31NO4. The van der Waals surface area contributed by atoms with Gasteiger partial charge in [0.25, 0.3) is 0 Å². The molecule has 0 radical (unpaired) electrons. The van der Waals surface area contributed by atoms with Gasteiger partial charge >= 0.3 is 6.09 Å². The van der Waals surface area contributed by atoms with E-state index in [0.29, 0.717) is 18.4 Å². The summed E-state index contributed by atoms with van der Waals surface area (Å²) >= 11 is 0. The summed E-state index contributed by atoms with van der Waals surface area (Å²) in [6, 6.07) is 0. The average molecular weight is 313 g/mol. The highest BCUT2D eigenvalue weighted by atomic mass is 16.6. The molecule has 0 bridgehead atoms. The van der Waals surface area contributed by atoms with E-state index in [9.17, 15) is 9.90 Å². The van der Waals surface area contributed by atoms with Gasteiger partial charge in [0.15, 0.2) is 0 Å². The first-order valence-corrected chi connectivity index (χ1v) is 8.50. The van der Waals surface area contributed by atoms with Crippen LogP contribution in [0.4, 0.5) is 4.79 Å². The van der Waals surface area contributed by atoms with Crippen LogP contribution in [0, 0.1) is 17.3 Å². The van der Waals surface area contributed by atoms with Crippen molar-refractivity contribution in [3.05, 3.63) is 0 Å². The van der Waals surface area contributed by atoms with Gasteiger partial charge in [-0.25, -0.2) is 4.79 Å². The number of nitrogens with one attached hydrogen (secondary N) is 1. The number of hydrogen-bond donors (Lipinski definition) is 2. The summed E-state index contributed by atoms with van der Waals surface area (Å²) in [4.78, 5) is 11.9. The van der Waals surface area contributed by atoms with Gasteiger partial charge in [-0.1, -0.05) is 0 Å². The first-order valence-electron chi connectivity index (χ1n) is 8.50. The molecule has 1 atom stereocenters. The molecule has 5 nitrogen and oxygen atoms in total. The Balaban J connectivity index is 1.92. The maximum atomic E-state index is 11.9. The number of carbonyl (C=O) groups excluding carboxylic acids is 1. The van der Waals surface area contributed by atoms with E-state index >= 15 is 0 Å². The third-order valence-corrected chi connectivity index (χ3v) is 4.78. The van der Waals surface area contributed by atoms with Crippen LogP contribution in [0.2, 0.25) is 0 Å². The van der Waals surface area contributed by atoms with E-state index in [1.807, 2.05) is 20.8 Å². The summed E-state index contributed by atoms with van der Waals surface area (Å²) in [7, 11) is 0. The molecule has 1 saturated carbocycles. The fourth-order valence-corrected chi connectivity index (χ4v) is 3.42. The van der Waals surface area contributed by atoms with E-state index in [2.05, 4.69) is 5.32 Å². The zero-order valence-electron chi connectivity index (χ0n) is 14.2. The smallest absolute Gasteiger partial charge is 0.407 e. The summed E-state index contributed by atoms with van der Waals surface area (Å²) in [5.41, 5.74) is -0.689. The van der Waals surface area contributed by atoms with Crippen molar-refractivity contribution in [1.29, 1.82) is 0 Å². The number of alkyl carbamates (subject to hydrolysis) is 1. The topological polar surface area (TPSA) is 67.8 Å². The van der Waals surface area contributed by atoms with Gasteiger partial charge in [-0.2, -0.15) is 0 Å². The summed E-state index contributed by atoms with van der Waals surface area (Å²) in [6.45, 7) is 7.83. The van der Waals surface area contributed by atoms with Crippen molar-refractivity contribution >= 4 is 6.09 Å². The number of amides is 1. The zero-order chi connectivity index (χ0) is 16.2. The lowest BCUT2D eigenvalue weighted by molar-refractivity contribution is 0.0153. The Hall–Kier alpha value is -0.810. The number of aliphatic hydroxyl groups excluding tert-OH is 1. The van der Waals surface area contributed by atoms with Crippen LogP contribution in [0.15, 0.2) is 0 Å². The molecule has 1 saturated heterocycles. The quantitative estimate of drug-likeness (QED) is 0.791. The largest absolute Gasteiger partial charge is 0.444 e. The normalized spacial score (nSPS) is 22.9. The monoisotopic (exact) mass is 313 g/mol. The van der Waals surface area contributed by atoms with Crippen molar-refractivity contribution in [2.24, 2.45) is 17.3 Å². The second-order valence-corrected chi connectivity index (χ2v) is 7.91. The lowest BCUT2D eigenvalue weighted by Gasteiger charge is -2.37. The first-order chi connectivity index (χ1) is 10.3. The molecule has 5 heteroatoms. The molecular weight excluding hydrogens is 282 g/mol. The molecule has 0 aromatic rings. The predicted molar refractivity (Wildman–Crippen MR) is 84.6 cm³/mol. The number of ether oxygens (including phenoxy) is 2. The Morgan fingerprint density at radius 3 is 2.36 bits per heavy atom. The Morgan fingerprint density at radius 1 is 1.23 bits per heavy atom. The van der Waals surface area contributed by atoms with Crippen LogP contribution in [0.1, 0.15) is 52.9 Å². The lowest BCUT2D eigenvalue weighted by Crippen LogP contribution is -2.45. The molecule has 1 unspecified atom stereocenters. The minimum absolute atomic E-state index is 0.130. The summed E-state index contributed by atoms with van der Waals surface area (Å²) in [5.74, 6) is 1.11. The molecule has 1 aliphatic carbocycles. The van der Waals surface area contributed by atoms with Crippen LogP contribution in [-0.4, -0.2) is 43.2 Å². The molecule has 1 heterocycles. The summed E-state index contributed by atoms with van der Waals surface area (Å²) in [6.07, 6.45) is 4.99. The molecule has 2 aliphatic rings. The molecule has 2 rings (SSSR count). The Kier molecular flexibility index (Phi) is 5.72. The maximum Gasteiger partial charge on any atom is 0.407 e. The second-order valence-electron chi connectivity index (χ2n) is 7.91. The van der Waals surface area contributed by atoms with Gasteiger partial charge < -0.3 is 19.9 Å². The van der Waals surface area contributed by atoms with Crippen LogP contribution < -0.4 is 5.32 Å². The van der Waals surface area contributed by atoms with Crippen LogP contribution in [0.3, 0.4) is 0 Å². The Bertz CT molecular complexity index is 369. The van der Waals surface area contributed by atoms with Crippen molar-refractivity contribution in [1.82, 2.24) is 5.32 Å². The summed E-state index contributed by atoms with van der Waals surface area (Å²) < 4.78 is 10.7. The third-order valence-electron chi connectivity index (χ3n) is 4.78. The van der Waals surface area contributed by atoms with Crippen molar-refractivity contribution in [3.8, 4) is 0 Å². The standard InChI is InChI=1S/C17H31NO4/c1-16(2,3)22-15(20)18-11-17(12-19,14-4-5-14)10-13-6-8-21-9-7-13/h13-14,19H,4-12H2,1-3H3,(H,18,20). The van der Waals surface area contributed by atoms with Gasteiger partial charge in [0.2, 0.25) is 0 Å². The van der Waals surface area contributed by atoms with E-state index in [1.54, 1.807) is 0 Å². The molecule has 2 fully saturated rings. The van der Waals surface area contributed by atoms with Gasteiger partial charge in [0.1, 0.15) is 5.60 Å². The lowest BCUT2D eigenvalue weighted by atomic mass is 9.73. The van der Waals surface area contributed by atoms with Crippen molar-refractivity contribution in [3.63, 3.8) is 0 Å². The molecule has 2 N–H and O–H groups in total. The highest BCUT2D eigenvalue weighted by Crippen LogP contribution is 2.49. The van der Waals surface area contributed by atoms with E-state index in [1.165, 1.54) is 0 Å². The van der Waals surface area contributed by atoms with Crippen LogP contribution in [0.25, 0.3) is 0 Å². The van der Waals surface area contributed by atoms with E-state index < -0.39 is 11.7 Å². The highest BCUT2D eigenvalue weighted by Gasteiger charge is 2.46. The zero-order valence-corrected chi connectivity index (χ0v) is 14.2. The van der Waals surface area contributed by atoms with Crippen LogP contribution in [0.5, 0.6) is 0 Å².